The molecule has 0 saturated heterocycles. The topological polar surface area (TPSA) is 29.3 Å². The third kappa shape index (κ3) is 3.53. The molecule has 0 aliphatic carbocycles. The number of likely N-dealkylation sites (N-methyl/N-ethyl adjacent to an activating group) is 1. The van der Waals surface area contributed by atoms with Gasteiger partial charge in [0.2, 0.25) is 0 Å². The monoisotopic (exact) mass is 220 g/mol. The van der Waals surface area contributed by atoms with E-state index in [-0.39, 0.29) is 6.04 Å². The average molecular weight is 220 g/mol. The van der Waals surface area contributed by atoms with Crippen molar-refractivity contribution in [1.82, 2.24) is 0 Å². The fraction of sp³-hybridized carbons (Fsp3) is 0.571. The molecule has 2 heteroatoms. The molecule has 0 aliphatic heterocycles. The van der Waals surface area contributed by atoms with Crippen LogP contribution in [0.15, 0.2) is 24.3 Å². The molecular weight excluding hydrogens is 196 g/mol. The second-order valence-electron chi connectivity index (χ2n) is 4.77. The van der Waals surface area contributed by atoms with Crippen LogP contribution in [-0.2, 0) is 0 Å². The van der Waals surface area contributed by atoms with Crippen LogP contribution in [0.1, 0.15) is 25.8 Å². The van der Waals surface area contributed by atoms with Crippen molar-refractivity contribution in [2.24, 2.45) is 11.7 Å². The van der Waals surface area contributed by atoms with E-state index in [2.05, 4.69) is 57.0 Å². The fourth-order valence-electron chi connectivity index (χ4n) is 1.77. The lowest BCUT2D eigenvalue weighted by atomic mass is 9.99. The molecule has 0 amide bonds. The zero-order valence-electron chi connectivity index (χ0n) is 10.9. The van der Waals surface area contributed by atoms with Gasteiger partial charge in [0.15, 0.2) is 0 Å². The minimum absolute atomic E-state index is 0.246. The van der Waals surface area contributed by atoms with Gasteiger partial charge in [-0.25, -0.2) is 0 Å². The van der Waals surface area contributed by atoms with E-state index in [1.807, 2.05) is 0 Å². The Hall–Kier alpha value is -1.02. The summed E-state index contributed by atoms with van der Waals surface area (Å²) >= 11 is 0. The van der Waals surface area contributed by atoms with E-state index in [1.54, 1.807) is 0 Å². The van der Waals surface area contributed by atoms with E-state index in [0.717, 1.165) is 13.0 Å². The Bertz CT molecular complexity index is 322. The zero-order valence-corrected chi connectivity index (χ0v) is 10.9. The normalized spacial score (nSPS) is 14.6. The molecule has 0 radical (unpaired) electrons. The molecule has 0 saturated carbocycles. The van der Waals surface area contributed by atoms with Gasteiger partial charge in [0, 0.05) is 25.3 Å². The molecule has 2 atom stereocenters. The fourth-order valence-corrected chi connectivity index (χ4v) is 1.77. The van der Waals surface area contributed by atoms with Crippen LogP contribution >= 0.6 is 0 Å². The summed E-state index contributed by atoms with van der Waals surface area (Å²) in [5.41, 5.74) is 8.70. The minimum atomic E-state index is 0.246. The van der Waals surface area contributed by atoms with E-state index in [9.17, 15) is 0 Å². The number of anilines is 1. The van der Waals surface area contributed by atoms with Crippen LogP contribution in [0.4, 0.5) is 5.69 Å². The number of nitrogens with two attached hydrogens (primary N) is 1. The predicted octanol–water partition coefficient (Wildman–Crippen LogP) is 2.80. The van der Waals surface area contributed by atoms with Gasteiger partial charge in [0.1, 0.15) is 0 Å². The first kappa shape index (κ1) is 13.0. The molecule has 0 aromatic heterocycles. The van der Waals surface area contributed by atoms with Crippen LogP contribution in [0.25, 0.3) is 0 Å². The van der Waals surface area contributed by atoms with Crippen molar-refractivity contribution >= 4 is 5.69 Å². The van der Waals surface area contributed by atoms with Crippen LogP contribution in [0.2, 0.25) is 0 Å². The highest BCUT2D eigenvalue weighted by atomic mass is 15.1. The van der Waals surface area contributed by atoms with Gasteiger partial charge < -0.3 is 10.6 Å². The Labute approximate surface area is 99.5 Å². The lowest BCUT2D eigenvalue weighted by Gasteiger charge is -2.26. The highest BCUT2D eigenvalue weighted by Crippen LogP contribution is 2.16. The first-order chi connectivity index (χ1) is 7.54. The highest BCUT2D eigenvalue weighted by molar-refractivity contribution is 5.47. The number of aryl methyl sites for hydroxylation is 1. The van der Waals surface area contributed by atoms with Gasteiger partial charge >= 0.3 is 0 Å². The standard InChI is InChI=1S/C14H24N2/c1-5-12(3)14(15)10-16(4)13-8-6-7-11(2)9-13/h6-9,12,14H,5,10,15H2,1-4H3. The second-order valence-corrected chi connectivity index (χ2v) is 4.77. The molecule has 0 fully saturated rings. The molecule has 2 nitrogen and oxygen atoms in total. The molecule has 0 heterocycles. The van der Waals surface area contributed by atoms with E-state index in [0.29, 0.717) is 5.92 Å². The maximum atomic E-state index is 6.16. The molecule has 0 spiro atoms. The van der Waals surface area contributed by atoms with Gasteiger partial charge in [-0.1, -0.05) is 32.4 Å². The van der Waals surface area contributed by atoms with Crippen molar-refractivity contribution in [3.63, 3.8) is 0 Å². The maximum absolute atomic E-state index is 6.16. The van der Waals surface area contributed by atoms with E-state index < -0.39 is 0 Å². The third-order valence-electron chi connectivity index (χ3n) is 3.30. The molecule has 2 N–H and O–H groups in total. The van der Waals surface area contributed by atoms with Gasteiger partial charge in [-0.3, -0.25) is 0 Å². The third-order valence-corrected chi connectivity index (χ3v) is 3.30. The summed E-state index contributed by atoms with van der Waals surface area (Å²) in [5, 5.41) is 0. The van der Waals surface area contributed by atoms with Gasteiger partial charge in [-0.05, 0) is 30.5 Å². The molecule has 0 aliphatic rings. The minimum Gasteiger partial charge on any atom is -0.373 e. The van der Waals surface area contributed by atoms with Crippen LogP contribution in [0.3, 0.4) is 0 Å². The number of hydrogen-bond acceptors (Lipinski definition) is 2. The smallest absolute Gasteiger partial charge is 0.0366 e. The highest BCUT2D eigenvalue weighted by Gasteiger charge is 2.13. The van der Waals surface area contributed by atoms with Crippen molar-refractivity contribution in [3.8, 4) is 0 Å². The van der Waals surface area contributed by atoms with Crippen LogP contribution in [0, 0.1) is 12.8 Å². The number of hydrogen-bond donors (Lipinski definition) is 1. The first-order valence-corrected chi connectivity index (χ1v) is 6.08. The van der Waals surface area contributed by atoms with Crippen molar-refractivity contribution < 1.29 is 0 Å². The Balaban J connectivity index is 2.61. The average Bonchev–Trinajstić information content (AvgIpc) is 2.27. The van der Waals surface area contributed by atoms with Crippen molar-refractivity contribution in [3.05, 3.63) is 29.8 Å². The molecule has 1 aromatic carbocycles. The van der Waals surface area contributed by atoms with Gasteiger partial charge in [0.25, 0.3) is 0 Å². The SMILES string of the molecule is CCC(C)C(N)CN(C)c1cccc(C)c1. The van der Waals surface area contributed by atoms with Gasteiger partial charge in [-0.2, -0.15) is 0 Å². The molecular formula is C14H24N2. The molecule has 1 rings (SSSR count). The summed E-state index contributed by atoms with van der Waals surface area (Å²) in [6.07, 6.45) is 1.14. The van der Waals surface area contributed by atoms with Crippen molar-refractivity contribution in [2.75, 3.05) is 18.5 Å². The Kier molecular flexibility index (Phi) is 4.81. The summed E-state index contributed by atoms with van der Waals surface area (Å²) in [4.78, 5) is 2.24. The quantitative estimate of drug-likeness (QED) is 0.826. The Morgan fingerprint density at radius 2 is 2.06 bits per heavy atom. The van der Waals surface area contributed by atoms with Crippen LogP contribution in [0.5, 0.6) is 0 Å². The van der Waals surface area contributed by atoms with Crippen molar-refractivity contribution in [1.29, 1.82) is 0 Å². The molecule has 16 heavy (non-hydrogen) atoms. The van der Waals surface area contributed by atoms with E-state index in [1.165, 1.54) is 11.3 Å². The van der Waals surface area contributed by atoms with E-state index >= 15 is 0 Å². The number of nitrogens with zero attached hydrogens (tertiary/aromatic N) is 1. The lowest BCUT2D eigenvalue weighted by Crippen LogP contribution is -2.39. The first-order valence-electron chi connectivity index (χ1n) is 6.08. The lowest BCUT2D eigenvalue weighted by molar-refractivity contribution is 0.444. The Morgan fingerprint density at radius 3 is 2.62 bits per heavy atom. The maximum Gasteiger partial charge on any atom is 0.0366 e. The van der Waals surface area contributed by atoms with Crippen LogP contribution < -0.4 is 10.6 Å². The van der Waals surface area contributed by atoms with Gasteiger partial charge in [0.05, 0.1) is 0 Å². The molecule has 0 bridgehead atoms. The largest absolute Gasteiger partial charge is 0.373 e. The second kappa shape index (κ2) is 5.90. The zero-order chi connectivity index (χ0) is 12.1. The number of benzene rings is 1. The summed E-state index contributed by atoms with van der Waals surface area (Å²) in [5.74, 6) is 0.576. The van der Waals surface area contributed by atoms with Crippen molar-refractivity contribution in [2.45, 2.75) is 33.2 Å². The Morgan fingerprint density at radius 1 is 1.38 bits per heavy atom. The van der Waals surface area contributed by atoms with Gasteiger partial charge in [-0.15, -0.1) is 0 Å². The summed E-state index contributed by atoms with van der Waals surface area (Å²) in [7, 11) is 2.11. The summed E-state index contributed by atoms with van der Waals surface area (Å²) < 4.78 is 0. The summed E-state index contributed by atoms with van der Waals surface area (Å²) in [6.45, 7) is 7.44. The number of rotatable bonds is 5. The van der Waals surface area contributed by atoms with E-state index in [4.69, 9.17) is 5.73 Å². The molecule has 1 aromatic rings. The molecule has 90 valence electrons. The summed E-state index contributed by atoms with van der Waals surface area (Å²) in [6, 6.07) is 8.79. The molecule has 2 unspecified atom stereocenters. The van der Waals surface area contributed by atoms with Crippen LogP contribution in [-0.4, -0.2) is 19.6 Å². The predicted molar refractivity (Wildman–Crippen MR) is 71.9 cm³/mol.